The van der Waals surface area contributed by atoms with Gasteiger partial charge in [0.2, 0.25) is 5.91 Å². The lowest BCUT2D eigenvalue weighted by molar-refractivity contribution is -0.132. The molecule has 0 heterocycles. The van der Waals surface area contributed by atoms with E-state index < -0.39 is 0 Å². The maximum Gasteiger partial charge on any atom is 0.223 e. The fourth-order valence-electron chi connectivity index (χ4n) is 2.13. The van der Waals surface area contributed by atoms with Crippen LogP contribution in [0.1, 0.15) is 38.2 Å². The minimum Gasteiger partial charge on any atom is -0.335 e. The van der Waals surface area contributed by atoms with Gasteiger partial charge in [-0.1, -0.05) is 28.1 Å². The Balaban J connectivity index is 0.00000200. The molecule has 2 rings (SSSR count). The van der Waals surface area contributed by atoms with Crippen molar-refractivity contribution in [2.75, 3.05) is 0 Å². The number of nitrogens with zero attached hydrogens (tertiary/aromatic N) is 1. The van der Waals surface area contributed by atoms with Gasteiger partial charge in [-0.3, -0.25) is 4.79 Å². The molecule has 3 nitrogen and oxygen atoms in total. The van der Waals surface area contributed by atoms with Crippen molar-refractivity contribution in [3.05, 3.63) is 34.3 Å². The van der Waals surface area contributed by atoms with Gasteiger partial charge >= 0.3 is 0 Å². The van der Waals surface area contributed by atoms with Gasteiger partial charge in [-0.2, -0.15) is 0 Å². The van der Waals surface area contributed by atoms with E-state index in [-0.39, 0.29) is 24.4 Å². The van der Waals surface area contributed by atoms with Crippen molar-refractivity contribution in [1.82, 2.24) is 4.90 Å². The first kappa shape index (κ1) is 17.5. The van der Waals surface area contributed by atoms with Crippen LogP contribution in [0.3, 0.4) is 0 Å². The van der Waals surface area contributed by atoms with E-state index in [0.717, 1.165) is 23.7 Å². The van der Waals surface area contributed by atoms with Crippen LogP contribution in [-0.4, -0.2) is 22.9 Å². The van der Waals surface area contributed by atoms with Crippen molar-refractivity contribution in [2.24, 2.45) is 5.73 Å². The molecule has 1 amide bonds. The van der Waals surface area contributed by atoms with Crippen LogP contribution in [0.5, 0.6) is 0 Å². The number of amides is 1. The quantitative estimate of drug-likeness (QED) is 0.843. The van der Waals surface area contributed by atoms with Crippen LogP contribution in [0.15, 0.2) is 28.7 Å². The molecule has 0 spiro atoms. The second-order valence-electron chi connectivity index (χ2n) is 5.40. The second-order valence-corrected chi connectivity index (χ2v) is 6.31. The van der Waals surface area contributed by atoms with Gasteiger partial charge in [0.25, 0.3) is 0 Å². The molecule has 1 saturated carbocycles. The van der Waals surface area contributed by atoms with Crippen LogP contribution >= 0.6 is 28.3 Å². The third-order valence-electron chi connectivity index (χ3n) is 3.36. The van der Waals surface area contributed by atoms with Gasteiger partial charge < -0.3 is 10.6 Å². The summed E-state index contributed by atoms with van der Waals surface area (Å²) in [5.74, 6) is 0.236. The Labute approximate surface area is 135 Å². The van der Waals surface area contributed by atoms with Crippen LogP contribution in [-0.2, 0) is 11.3 Å². The summed E-state index contributed by atoms with van der Waals surface area (Å²) in [5, 5.41) is 0. The zero-order valence-electron chi connectivity index (χ0n) is 11.7. The normalized spacial score (nSPS) is 15.3. The van der Waals surface area contributed by atoms with Crippen molar-refractivity contribution >= 4 is 34.2 Å². The Morgan fingerprint density at radius 3 is 2.75 bits per heavy atom. The summed E-state index contributed by atoms with van der Waals surface area (Å²) in [6, 6.07) is 8.70. The van der Waals surface area contributed by atoms with Crippen molar-refractivity contribution in [3.8, 4) is 0 Å². The number of hydrogen-bond donors (Lipinski definition) is 1. The van der Waals surface area contributed by atoms with Crippen LogP contribution in [0, 0.1) is 0 Å². The number of halogens is 2. The molecule has 0 saturated heterocycles. The molecule has 1 aliphatic carbocycles. The predicted molar refractivity (Wildman–Crippen MR) is 87.8 cm³/mol. The molecule has 112 valence electrons. The Bertz CT molecular complexity index is 449. The van der Waals surface area contributed by atoms with Crippen LogP contribution in [0.4, 0.5) is 0 Å². The summed E-state index contributed by atoms with van der Waals surface area (Å²) < 4.78 is 1.06. The Morgan fingerprint density at radius 1 is 1.50 bits per heavy atom. The van der Waals surface area contributed by atoms with Gasteiger partial charge in [-0.05, 0) is 43.9 Å². The molecule has 0 bridgehead atoms. The minimum absolute atomic E-state index is 0. The molecule has 0 radical (unpaired) electrons. The lowest BCUT2D eigenvalue weighted by Crippen LogP contribution is -2.33. The number of benzene rings is 1. The van der Waals surface area contributed by atoms with Gasteiger partial charge in [-0.15, -0.1) is 12.4 Å². The highest BCUT2D eigenvalue weighted by molar-refractivity contribution is 9.10. The summed E-state index contributed by atoms with van der Waals surface area (Å²) in [4.78, 5) is 14.3. The molecule has 0 aromatic heterocycles. The van der Waals surface area contributed by atoms with E-state index in [0.29, 0.717) is 19.0 Å². The summed E-state index contributed by atoms with van der Waals surface area (Å²) >= 11 is 3.47. The largest absolute Gasteiger partial charge is 0.335 e. The van der Waals surface area contributed by atoms with E-state index in [2.05, 4.69) is 28.1 Å². The van der Waals surface area contributed by atoms with E-state index in [1.54, 1.807) is 0 Å². The van der Waals surface area contributed by atoms with Gasteiger partial charge in [0.15, 0.2) is 0 Å². The highest BCUT2D eigenvalue weighted by Gasteiger charge is 2.32. The molecular formula is C15H22BrClN2O. The van der Waals surface area contributed by atoms with Gasteiger partial charge in [-0.25, -0.2) is 0 Å². The molecule has 1 aliphatic rings. The number of carbonyl (C=O) groups excluding carboxylic acids is 1. The van der Waals surface area contributed by atoms with E-state index in [9.17, 15) is 4.79 Å². The predicted octanol–water partition coefficient (Wildman–Crippen LogP) is 3.49. The Kier molecular flexibility index (Phi) is 7.00. The third kappa shape index (κ3) is 5.43. The first-order chi connectivity index (χ1) is 9.06. The van der Waals surface area contributed by atoms with Crippen molar-refractivity contribution in [2.45, 2.75) is 51.2 Å². The number of nitrogens with two attached hydrogens (primary N) is 1. The summed E-state index contributed by atoms with van der Waals surface area (Å²) in [6.07, 6.45) is 3.60. The van der Waals surface area contributed by atoms with Crippen molar-refractivity contribution in [3.63, 3.8) is 0 Å². The first-order valence-electron chi connectivity index (χ1n) is 6.86. The van der Waals surface area contributed by atoms with Gasteiger partial charge in [0, 0.05) is 29.5 Å². The number of hydrogen-bond acceptors (Lipinski definition) is 2. The molecule has 1 atom stereocenters. The standard InChI is InChI=1S/C15H21BrN2O.ClH/c1-11(17)5-8-15(19)18(14-6-7-14)10-12-3-2-4-13(16)9-12;/h2-4,9,11,14H,5-8,10,17H2,1H3;1H. The molecule has 0 aliphatic heterocycles. The zero-order chi connectivity index (χ0) is 13.8. The van der Waals surface area contributed by atoms with Crippen molar-refractivity contribution < 1.29 is 4.79 Å². The molecule has 2 N–H and O–H groups in total. The highest BCUT2D eigenvalue weighted by Crippen LogP contribution is 2.29. The maximum absolute atomic E-state index is 12.3. The number of carbonyl (C=O) groups is 1. The summed E-state index contributed by atoms with van der Waals surface area (Å²) in [6.45, 7) is 2.66. The summed E-state index contributed by atoms with van der Waals surface area (Å²) in [7, 11) is 0. The topological polar surface area (TPSA) is 46.3 Å². The zero-order valence-corrected chi connectivity index (χ0v) is 14.1. The molecule has 1 aromatic carbocycles. The van der Waals surface area contributed by atoms with Crippen LogP contribution < -0.4 is 5.73 Å². The van der Waals surface area contributed by atoms with E-state index in [1.807, 2.05) is 24.0 Å². The SMILES string of the molecule is CC(N)CCC(=O)N(Cc1cccc(Br)c1)C1CC1.Cl. The average Bonchev–Trinajstić information content (AvgIpc) is 3.17. The molecule has 1 fully saturated rings. The molecule has 5 heteroatoms. The second kappa shape index (κ2) is 8.01. The summed E-state index contributed by atoms with van der Waals surface area (Å²) in [5.41, 5.74) is 6.90. The fourth-order valence-corrected chi connectivity index (χ4v) is 2.58. The Hall–Kier alpha value is -0.580. The monoisotopic (exact) mass is 360 g/mol. The minimum atomic E-state index is 0. The highest BCUT2D eigenvalue weighted by atomic mass is 79.9. The molecule has 1 aromatic rings. The molecule has 20 heavy (non-hydrogen) atoms. The van der Waals surface area contributed by atoms with E-state index in [4.69, 9.17) is 5.73 Å². The maximum atomic E-state index is 12.3. The Morgan fingerprint density at radius 2 is 2.20 bits per heavy atom. The molecular weight excluding hydrogens is 340 g/mol. The fraction of sp³-hybridized carbons (Fsp3) is 0.533. The van der Waals surface area contributed by atoms with Crippen LogP contribution in [0.2, 0.25) is 0 Å². The van der Waals surface area contributed by atoms with Crippen molar-refractivity contribution in [1.29, 1.82) is 0 Å². The van der Waals surface area contributed by atoms with Gasteiger partial charge in [0.1, 0.15) is 0 Å². The smallest absolute Gasteiger partial charge is 0.223 e. The van der Waals surface area contributed by atoms with E-state index in [1.165, 1.54) is 5.56 Å². The lowest BCUT2D eigenvalue weighted by atomic mass is 10.1. The number of rotatable bonds is 6. The van der Waals surface area contributed by atoms with Gasteiger partial charge in [0.05, 0.1) is 0 Å². The average molecular weight is 362 g/mol. The lowest BCUT2D eigenvalue weighted by Gasteiger charge is -2.23. The van der Waals surface area contributed by atoms with Crippen LogP contribution in [0.25, 0.3) is 0 Å². The third-order valence-corrected chi connectivity index (χ3v) is 3.86. The first-order valence-corrected chi connectivity index (χ1v) is 7.65. The molecule has 1 unspecified atom stereocenters. The van der Waals surface area contributed by atoms with E-state index >= 15 is 0 Å².